The monoisotopic (exact) mass is 237 g/mol. The van der Waals surface area contributed by atoms with E-state index in [4.69, 9.17) is 14.2 Å². The first-order valence-electron chi connectivity index (χ1n) is 5.26. The molecule has 1 aliphatic rings. The lowest BCUT2D eigenvalue weighted by Gasteiger charge is -2.25. The summed E-state index contributed by atoms with van der Waals surface area (Å²) in [5.74, 6) is 0.712. The summed E-state index contributed by atoms with van der Waals surface area (Å²) in [5, 5.41) is 0. The molecule has 1 aromatic heterocycles. The Bertz CT molecular complexity index is 500. The molecule has 1 heterocycles. The van der Waals surface area contributed by atoms with Crippen molar-refractivity contribution in [3.05, 3.63) is 33.7 Å². The molecule has 5 nitrogen and oxygen atoms in total. The minimum Gasteiger partial charge on any atom is -0.495 e. The fraction of sp³-hybridized carbons (Fsp3) is 0.417. The summed E-state index contributed by atoms with van der Waals surface area (Å²) in [5.41, 5.74) is 1.48. The maximum absolute atomic E-state index is 11.6. The molecule has 0 aromatic carbocycles. The number of nitrogens with zero attached hydrogens (tertiary/aromatic N) is 1. The van der Waals surface area contributed by atoms with E-state index >= 15 is 0 Å². The van der Waals surface area contributed by atoms with Crippen molar-refractivity contribution in [3.63, 3.8) is 0 Å². The Morgan fingerprint density at radius 2 is 2.00 bits per heavy atom. The average molecular weight is 237 g/mol. The highest BCUT2D eigenvalue weighted by Crippen LogP contribution is 2.30. The third-order valence-corrected chi connectivity index (χ3v) is 2.81. The van der Waals surface area contributed by atoms with Gasteiger partial charge in [-0.2, -0.15) is 0 Å². The number of hydrogen-bond donors (Lipinski definition) is 0. The van der Waals surface area contributed by atoms with E-state index in [2.05, 4.69) is 0 Å². The quantitative estimate of drug-likeness (QED) is 0.715. The summed E-state index contributed by atoms with van der Waals surface area (Å²) in [6, 6.07) is 1.53. The Morgan fingerprint density at radius 3 is 2.59 bits per heavy atom. The van der Waals surface area contributed by atoms with Crippen LogP contribution in [0.25, 0.3) is 11.8 Å². The predicted molar refractivity (Wildman–Crippen MR) is 63.4 cm³/mol. The van der Waals surface area contributed by atoms with Crippen LogP contribution in [0.2, 0.25) is 0 Å². The van der Waals surface area contributed by atoms with Gasteiger partial charge in [0.2, 0.25) is 0 Å². The van der Waals surface area contributed by atoms with Crippen LogP contribution in [-0.4, -0.2) is 32.2 Å². The number of fused-ring (bicyclic) bond motifs is 1. The van der Waals surface area contributed by atoms with Crippen molar-refractivity contribution >= 4 is 11.8 Å². The molecule has 0 saturated carbocycles. The number of methoxy groups -OCH3 is 3. The minimum atomic E-state index is -0.347. The van der Waals surface area contributed by atoms with Gasteiger partial charge in [-0.1, -0.05) is 0 Å². The van der Waals surface area contributed by atoms with Gasteiger partial charge in [0.25, 0.3) is 0 Å². The summed E-state index contributed by atoms with van der Waals surface area (Å²) in [6.07, 6.45) is 3.11. The number of aromatic nitrogens is 1. The lowest BCUT2D eigenvalue weighted by atomic mass is 10.0. The number of rotatable bonds is 5. The van der Waals surface area contributed by atoms with E-state index < -0.39 is 0 Å². The maximum Gasteiger partial charge on any atom is 0.189 e. The van der Waals surface area contributed by atoms with E-state index in [0.29, 0.717) is 17.9 Å². The molecule has 0 unspecified atom stereocenters. The van der Waals surface area contributed by atoms with E-state index in [1.807, 2.05) is 4.57 Å². The molecule has 0 saturated heterocycles. The smallest absolute Gasteiger partial charge is 0.189 e. The van der Waals surface area contributed by atoms with Gasteiger partial charge in [0, 0.05) is 26.5 Å². The number of hydrogen-bond acceptors (Lipinski definition) is 4. The molecule has 1 aliphatic carbocycles. The molecule has 17 heavy (non-hydrogen) atoms. The highest BCUT2D eigenvalue weighted by molar-refractivity contribution is 5.90. The second-order valence-corrected chi connectivity index (χ2v) is 3.71. The van der Waals surface area contributed by atoms with Crippen LogP contribution in [0.5, 0.6) is 0 Å². The Kier molecular flexibility index (Phi) is 3.31. The normalized spacial score (nSPS) is 13.1. The van der Waals surface area contributed by atoms with Crippen LogP contribution in [0.15, 0.2) is 17.1 Å². The first kappa shape index (κ1) is 11.9. The molecule has 92 valence electrons. The molecule has 0 N–H and O–H groups in total. The summed E-state index contributed by atoms with van der Waals surface area (Å²) in [4.78, 5) is 11.6. The molecular formula is C12H15NO4. The summed E-state index contributed by atoms with van der Waals surface area (Å²) in [7, 11) is 4.74. The molecule has 0 bridgehead atoms. The van der Waals surface area contributed by atoms with Crippen molar-refractivity contribution < 1.29 is 14.2 Å². The van der Waals surface area contributed by atoms with Gasteiger partial charge in [0.1, 0.15) is 5.76 Å². The lowest BCUT2D eigenvalue weighted by Crippen LogP contribution is -2.27. The van der Waals surface area contributed by atoms with Crippen molar-refractivity contribution in [1.82, 2.24) is 4.57 Å². The van der Waals surface area contributed by atoms with Crippen molar-refractivity contribution in [2.24, 2.45) is 0 Å². The van der Waals surface area contributed by atoms with Gasteiger partial charge in [-0.05, 0) is 6.08 Å². The van der Waals surface area contributed by atoms with Gasteiger partial charge >= 0.3 is 0 Å². The van der Waals surface area contributed by atoms with E-state index in [-0.39, 0.29) is 11.7 Å². The van der Waals surface area contributed by atoms with Crippen LogP contribution in [0.1, 0.15) is 11.3 Å². The standard InChI is InChI=1S/C12H15NO4/c1-15-10-6-8-9(14)4-5-13(12(8)10)7-11(16-2)17-3/h4-6,11H,7H2,1-3H3. The fourth-order valence-electron chi connectivity index (χ4n) is 1.84. The molecule has 5 heteroatoms. The third-order valence-electron chi connectivity index (χ3n) is 2.81. The highest BCUT2D eigenvalue weighted by atomic mass is 16.7. The van der Waals surface area contributed by atoms with Crippen molar-refractivity contribution in [2.75, 3.05) is 21.3 Å². The molecule has 0 amide bonds. The van der Waals surface area contributed by atoms with Gasteiger partial charge < -0.3 is 18.8 Å². The lowest BCUT2D eigenvalue weighted by molar-refractivity contribution is -0.111. The molecule has 0 radical (unpaired) electrons. The largest absolute Gasteiger partial charge is 0.495 e. The topological polar surface area (TPSA) is 49.7 Å². The maximum atomic E-state index is 11.6. The van der Waals surface area contributed by atoms with E-state index in [0.717, 1.165) is 5.69 Å². The fourth-order valence-corrected chi connectivity index (χ4v) is 1.84. The van der Waals surface area contributed by atoms with Crippen LogP contribution in [0.3, 0.4) is 0 Å². The molecule has 0 atom stereocenters. The second kappa shape index (κ2) is 4.73. The minimum absolute atomic E-state index is 0.00318. The van der Waals surface area contributed by atoms with Gasteiger partial charge in [-0.15, -0.1) is 0 Å². The molecule has 0 aliphatic heterocycles. The van der Waals surface area contributed by atoms with Crippen LogP contribution >= 0.6 is 0 Å². The van der Waals surface area contributed by atoms with Crippen LogP contribution in [0, 0.1) is 0 Å². The van der Waals surface area contributed by atoms with Gasteiger partial charge in [0.15, 0.2) is 11.7 Å². The van der Waals surface area contributed by atoms with Gasteiger partial charge in [-0.3, -0.25) is 4.79 Å². The Labute approximate surface area is 99.2 Å². The van der Waals surface area contributed by atoms with Gasteiger partial charge in [0.05, 0.1) is 24.9 Å². The summed E-state index contributed by atoms with van der Waals surface area (Å²) in [6.45, 7) is 0.510. The number of ether oxygens (including phenoxy) is 3. The SMILES string of the molecule is COC1=Cc2c1n(CC(OC)OC)ccc2=O. The van der Waals surface area contributed by atoms with Crippen LogP contribution < -0.4 is 5.43 Å². The van der Waals surface area contributed by atoms with Crippen LogP contribution in [-0.2, 0) is 20.8 Å². The second-order valence-electron chi connectivity index (χ2n) is 3.71. The van der Waals surface area contributed by atoms with Crippen molar-refractivity contribution in [1.29, 1.82) is 0 Å². The predicted octanol–water partition coefficient (Wildman–Crippen LogP) is 0.925. The average Bonchev–Trinajstić information content (AvgIpc) is 2.30. The zero-order valence-corrected chi connectivity index (χ0v) is 10.1. The van der Waals surface area contributed by atoms with E-state index in [1.165, 1.54) is 6.07 Å². The Balaban J connectivity index is 2.32. The van der Waals surface area contributed by atoms with Gasteiger partial charge in [-0.25, -0.2) is 0 Å². The van der Waals surface area contributed by atoms with Crippen molar-refractivity contribution in [2.45, 2.75) is 12.8 Å². The summed E-state index contributed by atoms with van der Waals surface area (Å²) < 4.78 is 17.4. The first-order chi connectivity index (χ1) is 8.21. The Morgan fingerprint density at radius 1 is 1.29 bits per heavy atom. The Hall–Kier alpha value is -1.59. The first-order valence-corrected chi connectivity index (χ1v) is 5.26. The zero-order valence-electron chi connectivity index (χ0n) is 10.1. The van der Waals surface area contributed by atoms with E-state index in [1.54, 1.807) is 33.6 Å². The third kappa shape index (κ3) is 1.99. The molecular weight excluding hydrogens is 222 g/mol. The molecule has 2 rings (SSSR count). The summed E-state index contributed by atoms with van der Waals surface area (Å²) >= 11 is 0. The molecule has 0 spiro atoms. The number of pyridine rings is 1. The van der Waals surface area contributed by atoms with Crippen molar-refractivity contribution in [3.8, 4) is 0 Å². The van der Waals surface area contributed by atoms with Crippen LogP contribution in [0.4, 0.5) is 0 Å². The molecule has 0 fully saturated rings. The molecule has 1 aromatic rings. The highest BCUT2D eigenvalue weighted by Gasteiger charge is 2.24. The zero-order chi connectivity index (χ0) is 12.4. The van der Waals surface area contributed by atoms with E-state index in [9.17, 15) is 4.79 Å².